The van der Waals surface area contributed by atoms with E-state index >= 15 is 0 Å². The number of hydrogen-bond acceptors (Lipinski definition) is 5. The van der Waals surface area contributed by atoms with Crippen molar-refractivity contribution in [1.29, 1.82) is 0 Å². The standard InChI is InChI=1S/C14H14N4O3/c19-12-5-7-18(8-6-15-12)14(20)11-3-1-10(2-4-11)13-17-16-9-21-13/h1-4,9H,5-8H2,(H,15,19). The molecule has 7 nitrogen and oxygen atoms in total. The Morgan fingerprint density at radius 2 is 2.05 bits per heavy atom. The molecular weight excluding hydrogens is 272 g/mol. The van der Waals surface area contributed by atoms with Gasteiger partial charge in [0.25, 0.3) is 5.91 Å². The van der Waals surface area contributed by atoms with Crippen LogP contribution < -0.4 is 5.32 Å². The largest absolute Gasteiger partial charge is 0.423 e. The number of amides is 2. The van der Waals surface area contributed by atoms with Gasteiger partial charge in [0.2, 0.25) is 18.2 Å². The van der Waals surface area contributed by atoms with Crippen LogP contribution in [0.1, 0.15) is 16.8 Å². The van der Waals surface area contributed by atoms with Gasteiger partial charge in [0.15, 0.2) is 0 Å². The number of nitrogens with one attached hydrogen (secondary N) is 1. The zero-order chi connectivity index (χ0) is 14.7. The summed E-state index contributed by atoms with van der Waals surface area (Å²) in [5, 5.41) is 10.2. The van der Waals surface area contributed by atoms with E-state index in [1.54, 1.807) is 29.2 Å². The average molecular weight is 286 g/mol. The Balaban J connectivity index is 1.74. The lowest BCUT2D eigenvalue weighted by atomic mass is 10.1. The highest BCUT2D eigenvalue weighted by atomic mass is 16.4. The quantitative estimate of drug-likeness (QED) is 0.878. The normalized spacial score (nSPS) is 15.4. The van der Waals surface area contributed by atoms with Crippen LogP contribution in [-0.4, -0.2) is 46.5 Å². The molecule has 1 aromatic heterocycles. The van der Waals surface area contributed by atoms with Crippen LogP contribution in [0.15, 0.2) is 35.1 Å². The third kappa shape index (κ3) is 2.91. The Morgan fingerprint density at radius 3 is 2.76 bits per heavy atom. The lowest BCUT2D eigenvalue weighted by molar-refractivity contribution is -0.120. The van der Waals surface area contributed by atoms with Crippen LogP contribution in [0.3, 0.4) is 0 Å². The van der Waals surface area contributed by atoms with Gasteiger partial charge in [-0.1, -0.05) is 0 Å². The van der Waals surface area contributed by atoms with Crippen LogP contribution in [0.2, 0.25) is 0 Å². The van der Waals surface area contributed by atoms with Gasteiger partial charge in [-0.05, 0) is 24.3 Å². The van der Waals surface area contributed by atoms with E-state index in [2.05, 4.69) is 15.5 Å². The number of nitrogens with zero attached hydrogens (tertiary/aromatic N) is 3. The molecule has 1 aromatic carbocycles. The van der Waals surface area contributed by atoms with Crippen LogP contribution in [0.4, 0.5) is 0 Å². The molecule has 2 heterocycles. The molecule has 1 fully saturated rings. The number of carbonyl (C=O) groups is 2. The summed E-state index contributed by atoms with van der Waals surface area (Å²) in [7, 11) is 0. The van der Waals surface area contributed by atoms with E-state index < -0.39 is 0 Å². The van der Waals surface area contributed by atoms with Gasteiger partial charge < -0.3 is 14.6 Å². The second-order valence-corrected chi connectivity index (χ2v) is 4.71. The number of aromatic nitrogens is 2. The van der Waals surface area contributed by atoms with Crippen molar-refractivity contribution in [3.8, 4) is 11.5 Å². The molecule has 0 unspecified atom stereocenters. The van der Waals surface area contributed by atoms with Crippen molar-refractivity contribution in [3.63, 3.8) is 0 Å². The molecule has 3 rings (SSSR count). The van der Waals surface area contributed by atoms with Gasteiger partial charge in [-0.2, -0.15) is 0 Å². The highest BCUT2D eigenvalue weighted by Gasteiger charge is 2.19. The van der Waals surface area contributed by atoms with Crippen molar-refractivity contribution in [2.24, 2.45) is 0 Å². The number of rotatable bonds is 2. The zero-order valence-corrected chi connectivity index (χ0v) is 11.3. The van der Waals surface area contributed by atoms with E-state index in [0.717, 1.165) is 5.56 Å². The predicted molar refractivity (Wildman–Crippen MR) is 73.3 cm³/mol. The van der Waals surface area contributed by atoms with Crippen LogP contribution in [0.5, 0.6) is 0 Å². The summed E-state index contributed by atoms with van der Waals surface area (Å²) in [4.78, 5) is 25.4. The first-order valence-corrected chi connectivity index (χ1v) is 6.66. The maximum atomic E-state index is 12.4. The van der Waals surface area contributed by atoms with E-state index in [4.69, 9.17) is 4.42 Å². The maximum Gasteiger partial charge on any atom is 0.253 e. The van der Waals surface area contributed by atoms with E-state index in [1.807, 2.05) is 0 Å². The Kier molecular flexibility index (Phi) is 3.63. The minimum Gasteiger partial charge on any atom is -0.423 e. The molecule has 0 bridgehead atoms. The van der Waals surface area contributed by atoms with E-state index in [1.165, 1.54) is 6.39 Å². The van der Waals surface area contributed by atoms with Crippen LogP contribution in [0.25, 0.3) is 11.5 Å². The van der Waals surface area contributed by atoms with E-state index in [-0.39, 0.29) is 11.8 Å². The summed E-state index contributed by atoms with van der Waals surface area (Å²) in [5.74, 6) is 0.319. The van der Waals surface area contributed by atoms with E-state index in [0.29, 0.717) is 37.5 Å². The third-order valence-corrected chi connectivity index (χ3v) is 3.34. The molecule has 1 saturated heterocycles. The fourth-order valence-corrected chi connectivity index (χ4v) is 2.21. The molecule has 1 aliphatic rings. The fraction of sp³-hybridized carbons (Fsp3) is 0.286. The molecule has 108 valence electrons. The number of carbonyl (C=O) groups excluding carboxylic acids is 2. The lowest BCUT2D eigenvalue weighted by Gasteiger charge is -2.19. The third-order valence-electron chi connectivity index (χ3n) is 3.34. The topological polar surface area (TPSA) is 88.3 Å². The molecule has 2 amide bonds. The average Bonchev–Trinajstić information content (AvgIpc) is 2.96. The molecule has 21 heavy (non-hydrogen) atoms. The van der Waals surface area contributed by atoms with Crippen LogP contribution in [-0.2, 0) is 4.79 Å². The second-order valence-electron chi connectivity index (χ2n) is 4.71. The van der Waals surface area contributed by atoms with Gasteiger partial charge in [-0.15, -0.1) is 10.2 Å². The van der Waals surface area contributed by atoms with Crippen molar-refractivity contribution in [3.05, 3.63) is 36.2 Å². The Bertz CT molecular complexity index is 637. The van der Waals surface area contributed by atoms with Crippen molar-refractivity contribution >= 4 is 11.8 Å². The minimum absolute atomic E-state index is 0.0166. The predicted octanol–water partition coefficient (Wildman–Crippen LogP) is 0.699. The SMILES string of the molecule is O=C1CCN(C(=O)c2ccc(-c3nnco3)cc2)CCN1. The highest BCUT2D eigenvalue weighted by molar-refractivity contribution is 5.95. The number of benzene rings is 1. The van der Waals surface area contributed by atoms with E-state index in [9.17, 15) is 9.59 Å². The summed E-state index contributed by atoms with van der Waals surface area (Å²) in [6.45, 7) is 1.46. The molecule has 0 atom stereocenters. The van der Waals surface area contributed by atoms with Gasteiger partial charge in [0.05, 0.1) is 0 Å². The Hall–Kier alpha value is -2.70. The van der Waals surface area contributed by atoms with Gasteiger partial charge in [-0.25, -0.2) is 0 Å². The summed E-state index contributed by atoms with van der Waals surface area (Å²) in [6.07, 6.45) is 1.60. The molecule has 0 radical (unpaired) electrons. The molecule has 0 spiro atoms. The van der Waals surface area contributed by atoms with Gasteiger partial charge in [-0.3, -0.25) is 9.59 Å². The molecule has 1 N–H and O–H groups in total. The molecule has 0 saturated carbocycles. The first kappa shape index (κ1) is 13.3. The second kappa shape index (κ2) is 5.74. The molecule has 1 aliphatic heterocycles. The molecule has 2 aromatic rings. The molecule has 0 aliphatic carbocycles. The summed E-state index contributed by atoms with van der Waals surface area (Å²) >= 11 is 0. The monoisotopic (exact) mass is 286 g/mol. The summed E-state index contributed by atoms with van der Waals surface area (Å²) < 4.78 is 5.10. The van der Waals surface area contributed by atoms with Gasteiger partial charge >= 0.3 is 0 Å². The molecular formula is C14H14N4O3. The Morgan fingerprint density at radius 1 is 1.24 bits per heavy atom. The maximum absolute atomic E-state index is 12.4. The minimum atomic E-state index is -0.0800. The van der Waals surface area contributed by atoms with Crippen LogP contribution in [0, 0.1) is 0 Å². The van der Waals surface area contributed by atoms with Crippen molar-refractivity contribution in [1.82, 2.24) is 20.4 Å². The van der Waals surface area contributed by atoms with Crippen molar-refractivity contribution in [2.75, 3.05) is 19.6 Å². The van der Waals surface area contributed by atoms with Gasteiger partial charge in [0.1, 0.15) is 0 Å². The van der Waals surface area contributed by atoms with Gasteiger partial charge in [0, 0.05) is 37.2 Å². The summed E-state index contributed by atoms with van der Waals surface area (Å²) in [6, 6.07) is 6.98. The summed E-state index contributed by atoms with van der Waals surface area (Å²) in [5.41, 5.74) is 1.34. The smallest absolute Gasteiger partial charge is 0.253 e. The van der Waals surface area contributed by atoms with Crippen LogP contribution >= 0.6 is 0 Å². The first-order valence-electron chi connectivity index (χ1n) is 6.66. The van der Waals surface area contributed by atoms with Crippen molar-refractivity contribution in [2.45, 2.75) is 6.42 Å². The zero-order valence-electron chi connectivity index (χ0n) is 11.3. The number of hydrogen-bond donors (Lipinski definition) is 1. The first-order chi connectivity index (χ1) is 10.2. The molecule has 7 heteroatoms. The fourth-order valence-electron chi connectivity index (χ4n) is 2.21. The highest BCUT2D eigenvalue weighted by Crippen LogP contribution is 2.17. The van der Waals surface area contributed by atoms with Crippen molar-refractivity contribution < 1.29 is 14.0 Å². The lowest BCUT2D eigenvalue weighted by Crippen LogP contribution is -2.34. The Labute approximate surface area is 121 Å².